The number of hydrogen-bond acceptors (Lipinski definition) is 10. The van der Waals surface area contributed by atoms with Gasteiger partial charge >= 0.3 is 0 Å². The molecule has 2 amide bonds. The molecule has 29 heavy (non-hydrogen) atoms. The zero-order valence-corrected chi connectivity index (χ0v) is 15.8. The van der Waals surface area contributed by atoms with Gasteiger partial charge in [0.2, 0.25) is 11.8 Å². The molecule has 2 aliphatic heterocycles. The highest BCUT2D eigenvalue weighted by atomic mass is 19.1. The Bertz CT molecular complexity index is 584. The molecule has 2 heterocycles. The first-order valence-electron chi connectivity index (χ1n) is 9.00. The molecule has 0 aliphatic carbocycles. The van der Waals surface area contributed by atoms with E-state index in [1.807, 2.05) is 0 Å². The van der Waals surface area contributed by atoms with Crippen molar-refractivity contribution >= 4 is 11.8 Å². The summed E-state index contributed by atoms with van der Waals surface area (Å²) >= 11 is 0. The smallest absolute Gasteiger partial charge is 0.217 e. The molecule has 12 nitrogen and oxygen atoms in total. The summed E-state index contributed by atoms with van der Waals surface area (Å²) in [5.74, 6) is -1.16. The molecule has 0 aromatic heterocycles. The molecule has 2 fully saturated rings. The van der Waals surface area contributed by atoms with E-state index < -0.39 is 86.4 Å². The fourth-order valence-corrected chi connectivity index (χ4v) is 3.25. The highest BCUT2D eigenvalue weighted by Crippen LogP contribution is 2.26. The summed E-state index contributed by atoms with van der Waals surface area (Å²) < 4.78 is 29.9. The molecule has 0 aromatic carbocycles. The van der Waals surface area contributed by atoms with Crippen molar-refractivity contribution in [2.45, 2.75) is 75.2 Å². The Morgan fingerprint density at radius 2 is 1.52 bits per heavy atom. The summed E-state index contributed by atoms with van der Waals surface area (Å²) in [6, 6.07) is -2.60. The molecule has 0 unspecified atom stereocenters. The summed E-state index contributed by atoms with van der Waals surface area (Å²) in [6.45, 7) is 1.04. The normalized spacial score (nSPS) is 42.9. The average Bonchev–Trinajstić information content (AvgIpc) is 2.65. The molecule has 0 radical (unpaired) electrons. The van der Waals surface area contributed by atoms with Crippen LogP contribution in [0.3, 0.4) is 0 Å². The van der Waals surface area contributed by atoms with Crippen LogP contribution in [0.15, 0.2) is 0 Å². The quantitative estimate of drug-likeness (QED) is 0.220. The molecule has 168 valence electrons. The van der Waals surface area contributed by atoms with Crippen LogP contribution >= 0.6 is 0 Å². The molecule has 10 atom stereocenters. The first-order chi connectivity index (χ1) is 13.6. The Labute approximate surface area is 165 Å². The van der Waals surface area contributed by atoms with Crippen LogP contribution < -0.4 is 10.6 Å². The Morgan fingerprint density at radius 3 is 2.07 bits per heavy atom. The van der Waals surface area contributed by atoms with Gasteiger partial charge in [-0.25, -0.2) is 4.39 Å². The molecular formula is C16H27FN2O10. The lowest BCUT2D eigenvalue weighted by molar-refractivity contribution is -0.292. The van der Waals surface area contributed by atoms with Crippen molar-refractivity contribution in [3.05, 3.63) is 0 Å². The topological polar surface area (TPSA) is 187 Å². The largest absolute Gasteiger partial charge is 0.394 e. The van der Waals surface area contributed by atoms with Crippen LogP contribution in [0.25, 0.3) is 0 Å². The van der Waals surface area contributed by atoms with E-state index in [1.54, 1.807) is 0 Å². The maximum Gasteiger partial charge on any atom is 0.217 e. The zero-order chi connectivity index (χ0) is 21.9. The first-order valence-corrected chi connectivity index (χ1v) is 9.00. The number of carbonyl (C=O) groups excluding carboxylic acids is 2. The van der Waals surface area contributed by atoms with Gasteiger partial charge < -0.3 is 50.4 Å². The van der Waals surface area contributed by atoms with Crippen molar-refractivity contribution in [1.29, 1.82) is 0 Å². The zero-order valence-electron chi connectivity index (χ0n) is 15.8. The number of aliphatic hydroxyl groups is 5. The van der Waals surface area contributed by atoms with Gasteiger partial charge in [0.1, 0.15) is 42.6 Å². The molecular weight excluding hydrogens is 399 g/mol. The van der Waals surface area contributed by atoms with Crippen LogP contribution in [0.5, 0.6) is 0 Å². The number of nitrogens with one attached hydrogen (secondary N) is 2. The van der Waals surface area contributed by atoms with E-state index >= 15 is 0 Å². The molecule has 2 rings (SSSR count). The lowest BCUT2D eigenvalue weighted by atomic mass is 9.96. The average molecular weight is 426 g/mol. The Hall–Kier alpha value is -1.45. The predicted molar refractivity (Wildman–Crippen MR) is 90.7 cm³/mol. The van der Waals surface area contributed by atoms with Gasteiger partial charge in [-0.05, 0) is 0 Å². The van der Waals surface area contributed by atoms with E-state index in [2.05, 4.69) is 10.6 Å². The van der Waals surface area contributed by atoms with Crippen LogP contribution in [-0.4, -0.2) is 112 Å². The highest BCUT2D eigenvalue weighted by molar-refractivity contribution is 5.73. The van der Waals surface area contributed by atoms with Gasteiger partial charge in [-0.3, -0.25) is 9.59 Å². The van der Waals surface area contributed by atoms with Gasteiger partial charge in [0.05, 0.1) is 13.2 Å². The Balaban J connectivity index is 2.05. The lowest BCUT2D eigenvalue weighted by Gasteiger charge is -2.43. The number of amides is 2. The van der Waals surface area contributed by atoms with E-state index in [-0.39, 0.29) is 0 Å². The second-order valence-corrected chi connectivity index (χ2v) is 6.99. The SMILES string of the molecule is CC(=O)N[C@@H]1[C@@H](O)[C@@H](O)[C@@H](CO[C@@H]2O[C@H](CO)[C@@H](F)[C@H](O)[C@H]2NC(C)=O)O[C@H]1O. The first kappa shape index (κ1) is 23.8. The number of alkyl halides is 1. The number of hydrogen-bond donors (Lipinski definition) is 7. The molecule has 13 heteroatoms. The van der Waals surface area contributed by atoms with Gasteiger partial charge in [-0.1, -0.05) is 0 Å². The number of halogens is 1. The highest BCUT2D eigenvalue weighted by Gasteiger charge is 2.48. The van der Waals surface area contributed by atoms with Gasteiger partial charge in [0, 0.05) is 13.8 Å². The molecule has 0 saturated carbocycles. The van der Waals surface area contributed by atoms with E-state index in [9.17, 15) is 39.5 Å². The maximum absolute atomic E-state index is 14.1. The third-order valence-corrected chi connectivity index (χ3v) is 4.72. The van der Waals surface area contributed by atoms with Crippen LogP contribution in [0.4, 0.5) is 4.39 Å². The van der Waals surface area contributed by atoms with Crippen LogP contribution in [0.1, 0.15) is 13.8 Å². The van der Waals surface area contributed by atoms with E-state index in [0.717, 1.165) is 13.8 Å². The van der Waals surface area contributed by atoms with Crippen LogP contribution in [0.2, 0.25) is 0 Å². The standard InChI is InChI=1S/C16H27FN2O10/c1-5(21)18-10-14(25)12(23)8(28-15(10)26)4-27-16-11(19-6(2)22)13(24)9(17)7(3-20)29-16/h7-16,20,23-26H,3-4H2,1-2H3,(H,18,21)(H,19,22)/t7-,8-,9-,10-,11-,12+,13+,14-,15-,16-/m1/s1. The van der Waals surface area contributed by atoms with Crippen molar-refractivity contribution < 1.29 is 53.7 Å². The van der Waals surface area contributed by atoms with E-state index in [1.165, 1.54) is 0 Å². The van der Waals surface area contributed by atoms with Gasteiger partial charge in [0.15, 0.2) is 18.8 Å². The van der Waals surface area contributed by atoms with E-state index in [0.29, 0.717) is 0 Å². The monoisotopic (exact) mass is 426 g/mol. The van der Waals surface area contributed by atoms with Crippen molar-refractivity contribution in [2.24, 2.45) is 0 Å². The lowest BCUT2D eigenvalue weighted by Crippen LogP contribution is -2.65. The minimum atomic E-state index is -1.99. The molecule has 2 saturated heterocycles. The summed E-state index contributed by atoms with van der Waals surface area (Å²) in [5, 5.41) is 54.1. The molecule has 2 aliphatic rings. The minimum absolute atomic E-state index is 0.495. The number of carbonyl (C=O) groups is 2. The van der Waals surface area contributed by atoms with E-state index in [4.69, 9.17) is 14.2 Å². The fourth-order valence-electron chi connectivity index (χ4n) is 3.25. The van der Waals surface area contributed by atoms with Crippen molar-refractivity contribution in [2.75, 3.05) is 13.2 Å². The van der Waals surface area contributed by atoms with Crippen molar-refractivity contribution in [1.82, 2.24) is 10.6 Å². The van der Waals surface area contributed by atoms with Crippen LogP contribution in [-0.2, 0) is 23.8 Å². The van der Waals surface area contributed by atoms with Gasteiger partial charge in [0.25, 0.3) is 0 Å². The molecule has 0 bridgehead atoms. The third kappa shape index (κ3) is 5.58. The molecule has 0 spiro atoms. The van der Waals surface area contributed by atoms with Crippen molar-refractivity contribution in [3.63, 3.8) is 0 Å². The number of ether oxygens (including phenoxy) is 3. The minimum Gasteiger partial charge on any atom is -0.394 e. The second kappa shape index (κ2) is 10.0. The maximum atomic E-state index is 14.1. The summed E-state index contributed by atoms with van der Waals surface area (Å²) in [5.41, 5.74) is 0. The third-order valence-electron chi connectivity index (χ3n) is 4.72. The fraction of sp³-hybridized carbons (Fsp3) is 0.875. The Kier molecular flexibility index (Phi) is 8.25. The van der Waals surface area contributed by atoms with Crippen molar-refractivity contribution in [3.8, 4) is 0 Å². The summed E-state index contributed by atoms with van der Waals surface area (Å²) in [6.07, 6.45) is -12.7. The second-order valence-electron chi connectivity index (χ2n) is 6.99. The predicted octanol–water partition coefficient (Wildman–Crippen LogP) is -4.13. The van der Waals surface area contributed by atoms with Crippen LogP contribution in [0, 0.1) is 0 Å². The summed E-state index contributed by atoms with van der Waals surface area (Å²) in [4.78, 5) is 22.5. The molecule has 7 N–H and O–H groups in total. The Morgan fingerprint density at radius 1 is 0.931 bits per heavy atom. The number of aliphatic hydroxyl groups excluding tert-OH is 5. The number of rotatable bonds is 6. The van der Waals surface area contributed by atoms with Gasteiger partial charge in [-0.2, -0.15) is 0 Å². The summed E-state index contributed by atoms with van der Waals surface area (Å²) in [7, 11) is 0. The molecule has 0 aromatic rings. The van der Waals surface area contributed by atoms with Gasteiger partial charge in [-0.15, -0.1) is 0 Å².